The van der Waals surface area contributed by atoms with Crippen molar-refractivity contribution in [2.45, 2.75) is 25.9 Å². The monoisotopic (exact) mass is 251 g/mol. The van der Waals surface area contributed by atoms with Crippen LogP contribution in [0, 0.1) is 5.92 Å². The van der Waals surface area contributed by atoms with Crippen LogP contribution in [0.4, 0.5) is 0 Å². The van der Waals surface area contributed by atoms with Gasteiger partial charge >= 0.3 is 0 Å². The second-order valence-corrected chi connectivity index (χ2v) is 4.97. The Balaban J connectivity index is 1.74. The Morgan fingerprint density at radius 1 is 1.67 bits per heavy atom. The molecule has 1 aromatic rings. The van der Waals surface area contributed by atoms with Crippen LogP contribution in [0.5, 0.6) is 0 Å². The molecule has 1 aliphatic heterocycles. The van der Waals surface area contributed by atoms with E-state index in [9.17, 15) is 4.79 Å². The molecule has 0 aromatic carbocycles. The molecule has 2 heterocycles. The molecule has 0 aliphatic carbocycles. The van der Waals surface area contributed by atoms with E-state index in [2.05, 4.69) is 17.1 Å². The average molecular weight is 251 g/mol. The highest BCUT2D eigenvalue weighted by Gasteiger charge is 2.29. The Labute approximate surface area is 107 Å². The van der Waals surface area contributed by atoms with Crippen LogP contribution in [0.1, 0.15) is 19.1 Å². The summed E-state index contributed by atoms with van der Waals surface area (Å²) in [4.78, 5) is 14.0. The van der Waals surface area contributed by atoms with Crippen LogP contribution in [0.25, 0.3) is 0 Å². The maximum Gasteiger partial charge on any atom is 0.234 e. The molecule has 1 fully saturated rings. The highest BCUT2D eigenvalue weighted by atomic mass is 16.3. The topological polar surface area (TPSA) is 71.5 Å². The molecule has 0 spiro atoms. The molecule has 1 amide bonds. The van der Waals surface area contributed by atoms with Gasteiger partial charge in [-0.3, -0.25) is 9.69 Å². The lowest BCUT2D eigenvalue weighted by Gasteiger charge is -2.20. The second kappa shape index (κ2) is 6.02. The lowest BCUT2D eigenvalue weighted by atomic mass is 10.1. The number of nitrogens with two attached hydrogens (primary N) is 1. The van der Waals surface area contributed by atoms with Crippen LogP contribution in [0.3, 0.4) is 0 Å². The van der Waals surface area contributed by atoms with Crippen molar-refractivity contribution in [3.8, 4) is 0 Å². The number of amides is 1. The summed E-state index contributed by atoms with van der Waals surface area (Å²) in [7, 11) is 0. The van der Waals surface area contributed by atoms with Crippen molar-refractivity contribution in [2.75, 3.05) is 19.6 Å². The SMILES string of the molecule is CC1CC(CN)CN1CC(=O)NCc1ccco1. The number of likely N-dealkylation sites (tertiary alicyclic amines) is 1. The summed E-state index contributed by atoms with van der Waals surface area (Å²) in [5.74, 6) is 1.34. The fraction of sp³-hybridized carbons (Fsp3) is 0.615. The summed E-state index contributed by atoms with van der Waals surface area (Å²) in [6.45, 7) is 4.67. The lowest BCUT2D eigenvalue weighted by Crippen LogP contribution is -2.38. The van der Waals surface area contributed by atoms with E-state index in [1.165, 1.54) is 0 Å². The Morgan fingerprint density at radius 2 is 2.50 bits per heavy atom. The van der Waals surface area contributed by atoms with Crippen molar-refractivity contribution < 1.29 is 9.21 Å². The molecule has 5 heteroatoms. The van der Waals surface area contributed by atoms with Crippen LogP contribution < -0.4 is 11.1 Å². The summed E-state index contributed by atoms with van der Waals surface area (Å²) in [6.07, 6.45) is 2.69. The zero-order chi connectivity index (χ0) is 13.0. The maximum atomic E-state index is 11.8. The molecule has 100 valence electrons. The van der Waals surface area contributed by atoms with Gasteiger partial charge in [-0.15, -0.1) is 0 Å². The number of hydrogen-bond donors (Lipinski definition) is 2. The second-order valence-electron chi connectivity index (χ2n) is 4.97. The third kappa shape index (κ3) is 3.34. The molecule has 2 rings (SSSR count). The predicted octanol–water partition coefficient (Wildman–Crippen LogP) is 0.565. The van der Waals surface area contributed by atoms with E-state index in [1.54, 1.807) is 6.26 Å². The van der Waals surface area contributed by atoms with Gasteiger partial charge in [0.2, 0.25) is 5.91 Å². The van der Waals surface area contributed by atoms with Gasteiger partial charge in [0.05, 0.1) is 19.4 Å². The van der Waals surface area contributed by atoms with Crippen LogP contribution in [0.15, 0.2) is 22.8 Å². The zero-order valence-corrected chi connectivity index (χ0v) is 10.8. The van der Waals surface area contributed by atoms with Crippen LogP contribution >= 0.6 is 0 Å². The normalized spacial score (nSPS) is 24.3. The summed E-state index contributed by atoms with van der Waals surface area (Å²) in [5, 5.41) is 2.86. The molecule has 0 radical (unpaired) electrons. The van der Waals surface area contributed by atoms with E-state index in [1.807, 2.05) is 12.1 Å². The summed E-state index contributed by atoms with van der Waals surface area (Å²) in [6, 6.07) is 4.10. The van der Waals surface area contributed by atoms with Gasteiger partial charge in [-0.1, -0.05) is 0 Å². The number of nitrogens with zero attached hydrogens (tertiary/aromatic N) is 1. The fourth-order valence-corrected chi connectivity index (χ4v) is 2.45. The van der Waals surface area contributed by atoms with E-state index >= 15 is 0 Å². The molecule has 2 unspecified atom stereocenters. The fourth-order valence-electron chi connectivity index (χ4n) is 2.45. The van der Waals surface area contributed by atoms with Gasteiger partial charge in [-0.05, 0) is 37.9 Å². The number of hydrogen-bond acceptors (Lipinski definition) is 4. The Bertz CT molecular complexity index is 378. The zero-order valence-electron chi connectivity index (χ0n) is 10.8. The Kier molecular flexibility index (Phi) is 4.38. The van der Waals surface area contributed by atoms with Gasteiger partial charge in [0.25, 0.3) is 0 Å². The predicted molar refractivity (Wildman–Crippen MR) is 68.8 cm³/mol. The van der Waals surface area contributed by atoms with E-state index in [0.29, 0.717) is 31.6 Å². The standard InChI is InChI=1S/C13H21N3O2/c1-10-5-11(6-14)8-16(10)9-13(17)15-7-12-3-2-4-18-12/h2-4,10-11H,5-9,14H2,1H3,(H,15,17). The van der Waals surface area contributed by atoms with E-state index in [-0.39, 0.29) is 5.91 Å². The van der Waals surface area contributed by atoms with Crippen molar-refractivity contribution in [1.29, 1.82) is 0 Å². The van der Waals surface area contributed by atoms with E-state index in [0.717, 1.165) is 18.7 Å². The van der Waals surface area contributed by atoms with Crippen molar-refractivity contribution >= 4 is 5.91 Å². The van der Waals surface area contributed by atoms with Gasteiger partial charge in [-0.25, -0.2) is 0 Å². The summed E-state index contributed by atoms with van der Waals surface area (Å²) < 4.78 is 5.16. The first-order valence-electron chi connectivity index (χ1n) is 6.42. The first kappa shape index (κ1) is 13.1. The van der Waals surface area contributed by atoms with Gasteiger partial charge in [-0.2, -0.15) is 0 Å². The van der Waals surface area contributed by atoms with Crippen molar-refractivity contribution in [1.82, 2.24) is 10.2 Å². The number of rotatable bonds is 5. The Morgan fingerprint density at radius 3 is 3.11 bits per heavy atom. The molecule has 0 saturated carbocycles. The number of carbonyl (C=O) groups excluding carboxylic acids is 1. The van der Waals surface area contributed by atoms with Crippen LogP contribution in [-0.2, 0) is 11.3 Å². The molecule has 0 bridgehead atoms. The van der Waals surface area contributed by atoms with Crippen molar-refractivity contribution in [2.24, 2.45) is 11.7 Å². The lowest BCUT2D eigenvalue weighted by molar-refractivity contribution is -0.122. The first-order valence-corrected chi connectivity index (χ1v) is 6.42. The smallest absolute Gasteiger partial charge is 0.234 e. The molecule has 1 aromatic heterocycles. The summed E-state index contributed by atoms with van der Waals surface area (Å²) >= 11 is 0. The van der Waals surface area contributed by atoms with Gasteiger partial charge in [0.15, 0.2) is 0 Å². The molecule has 1 aliphatic rings. The largest absolute Gasteiger partial charge is 0.467 e. The van der Waals surface area contributed by atoms with Gasteiger partial charge in [0.1, 0.15) is 5.76 Å². The van der Waals surface area contributed by atoms with Gasteiger partial charge < -0.3 is 15.5 Å². The number of nitrogens with one attached hydrogen (secondary N) is 1. The first-order chi connectivity index (χ1) is 8.69. The minimum Gasteiger partial charge on any atom is -0.467 e. The molecule has 2 atom stereocenters. The minimum atomic E-state index is 0.0379. The molecule has 3 N–H and O–H groups in total. The summed E-state index contributed by atoms with van der Waals surface area (Å²) in [5.41, 5.74) is 5.67. The molecule has 1 saturated heterocycles. The highest BCUT2D eigenvalue weighted by Crippen LogP contribution is 2.21. The van der Waals surface area contributed by atoms with Gasteiger partial charge in [0, 0.05) is 12.6 Å². The number of carbonyl (C=O) groups is 1. The van der Waals surface area contributed by atoms with Crippen molar-refractivity contribution in [3.63, 3.8) is 0 Å². The third-order valence-electron chi connectivity index (χ3n) is 3.51. The highest BCUT2D eigenvalue weighted by molar-refractivity contribution is 5.78. The molecule has 18 heavy (non-hydrogen) atoms. The van der Waals surface area contributed by atoms with E-state index < -0.39 is 0 Å². The molecule has 5 nitrogen and oxygen atoms in total. The van der Waals surface area contributed by atoms with Crippen molar-refractivity contribution in [3.05, 3.63) is 24.2 Å². The van der Waals surface area contributed by atoms with E-state index in [4.69, 9.17) is 10.2 Å². The number of furan rings is 1. The quantitative estimate of drug-likeness (QED) is 0.802. The van der Waals surface area contributed by atoms with Crippen LogP contribution in [-0.4, -0.2) is 36.5 Å². The third-order valence-corrected chi connectivity index (χ3v) is 3.51. The average Bonchev–Trinajstić information content (AvgIpc) is 2.97. The molecular weight excluding hydrogens is 230 g/mol. The Hall–Kier alpha value is -1.33. The molecular formula is C13H21N3O2. The van der Waals surface area contributed by atoms with Crippen LogP contribution in [0.2, 0.25) is 0 Å². The maximum absolute atomic E-state index is 11.8. The minimum absolute atomic E-state index is 0.0379.